The maximum atomic E-state index is 14.0. The summed E-state index contributed by atoms with van der Waals surface area (Å²) in [5, 5.41) is 85.3. The molecule has 2 aromatic rings. The number of aryl methyl sites for hydroxylation is 1. The first-order valence-corrected chi connectivity index (χ1v) is 15.2. The van der Waals surface area contributed by atoms with Gasteiger partial charge in [-0.15, -0.1) is 0 Å². The maximum Gasteiger partial charge on any atom is 0.416 e. The smallest absolute Gasteiger partial charge is 0.347 e. The molecule has 14 nitrogen and oxygen atoms in total. The molecular formula is C31H38F7N4O10-. The fourth-order valence-electron chi connectivity index (χ4n) is 5.83. The van der Waals surface area contributed by atoms with Crippen molar-refractivity contribution >= 4 is 11.9 Å². The number of halogens is 7. The molecule has 8 N–H and O–H groups in total. The van der Waals surface area contributed by atoms with Crippen molar-refractivity contribution in [2.75, 3.05) is 13.6 Å². The molecular weight excluding hydrogens is 721 g/mol. The van der Waals surface area contributed by atoms with Gasteiger partial charge in [-0.1, -0.05) is 6.07 Å². The predicted octanol–water partition coefficient (Wildman–Crippen LogP) is 1.49. The summed E-state index contributed by atoms with van der Waals surface area (Å²) in [7, 11) is 1.04. The molecule has 21 heteroatoms. The van der Waals surface area contributed by atoms with Crippen LogP contribution in [0.1, 0.15) is 60.5 Å². The summed E-state index contributed by atoms with van der Waals surface area (Å²) in [4.78, 5) is 26.4. The van der Waals surface area contributed by atoms with Crippen molar-refractivity contribution in [2.24, 2.45) is 0 Å². The Morgan fingerprint density at radius 3 is 1.73 bits per heavy atom. The van der Waals surface area contributed by atoms with Crippen molar-refractivity contribution in [1.29, 1.82) is 0 Å². The first-order chi connectivity index (χ1) is 23.4. The number of urea groups is 1. The summed E-state index contributed by atoms with van der Waals surface area (Å²) in [6.45, 7) is 5.47. The minimum absolute atomic E-state index is 0.0948. The molecule has 0 saturated carbocycles. The zero-order valence-corrected chi connectivity index (χ0v) is 28.0. The lowest BCUT2D eigenvalue weighted by molar-refractivity contribution is -0.603. The molecule has 0 aromatic heterocycles. The van der Waals surface area contributed by atoms with Gasteiger partial charge in [-0.2, -0.15) is 37.7 Å². The monoisotopic (exact) mass is 759 g/mol. The maximum absolute atomic E-state index is 14.0. The van der Waals surface area contributed by atoms with Crippen molar-refractivity contribution in [3.8, 4) is 0 Å². The molecule has 2 atom stereocenters. The molecule has 0 aliphatic carbocycles. The van der Waals surface area contributed by atoms with Crippen LogP contribution < -0.4 is 0 Å². The van der Waals surface area contributed by atoms with Gasteiger partial charge in [0.25, 0.3) is 0 Å². The lowest BCUT2D eigenvalue weighted by atomic mass is 9.98. The van der Waals surface area contributed by atoms with Crippen LogP contribution in [0, 0.1) is 19.7 Å². The highest BCUT2D eigenvalue weighted by Crippen LogP contribution is 2.46. The van der Waals surface area contributed by atoms with E-state index in [0.29, 0.717) is 19.1 Å². The van der Waals surface area contributed by atoms with Gasteiger partial charge in [-0.25, -0.2) is 14.1 Å². The van der Waals surface area contributed by atoms with Crippen molar-refractivity contribution in [1.82, 2.24) is 19.6 Å². The van der Waals surface area contributed by atoms with E-state index >= 15 is 0 Å². The lowest BCUT2D eigenvalue weighted by Crippen LogP contribution is -2.91. The van der Waals surface area contributed by atoms with Crippen molar-refractivity contribution < 1.29 is 81.2 Å². The minimum Gasteiger partial charge on any atom is -0.347 e. The average molecular weight is 760 g/mol. The standard InChI is InChI=1S/C31H38F7N4O10/c1-6-24(42-30(49,50)28(45,46)41(18(4)43)29(47,48)31(42,51)52)9-10-40(15-19-7-8-23(32)11-16(19)2)25(44)39(5)17(3)20-12-21(26(33,34)35)14-22(13-20)27(36,37)38/h7-8,11-14,17,24,45-52H,1,6,9-10,15H2,2-5H3/q-1. The number of piperazine rings is 1. The van der Waals surface area contributed by atoms with Crippen LogP contribution in [0.3, 0.4) is 0 Å². The summed E-state index contributed by atoms with van der Waals surface area (Å²) in [6, 6.07) is -0.315. The van der Waals surface area contributed by atoms with Gasteiger partial charge in [0.1, 0.15) is 5.82 Å². The zero-order chi connectivity index (χ0) is 40.2. The molecule has 3 rings (SSSR count). The third kappa shape index (κ3) is 7.82. The SMILES string of the molecule is [CH2-]CC(CCN(Cc1ccc(F)cc1C)C(=O)N(C)C(C)c1cc(C(F)(F)F)cc(C(F)(F)F)c1)N1C(O)(O)C(O)(O)N(C(C)=O)C(O)(O)C1(O)O. The van der Waals surface area contributed by atoms with Crippen LogP contribution in [0.15, 0.2) is 36.4 Å². The molecule has 0 bridgehead atoms. The summed E-state index contributed by atoms with van der Waals surface area (Å²) < 4.78 is 95.4. The van der Waals surface area contributed by atoms with Crippen LogP contribution >= 0.6 is 0 Å². The van der Waals surface area contributed by atoms with Gasteiger partial charge in [-0.05, 0) is 73.3 Å². The third-order valence-electron chi connectivity index (χ3n) is 8.85. The van der Waals surface area contributed by atoms with Crippen LogP contribution in [0.5, 0.6) is 0 Å². The number of carbonyl (C=O) groups is 2. The topological polar surface area (TPSA) is 209 Å². The molecule has 2 unspecified atom stereocenters. The van der Waals surface area contributed by atoms with E-state index < -0.39 is 118 Å². The molecule has 2 aromatic carbocycles. The number of aliphatic hydroxyl groups is 8. The van der Waals surface area contributed by atoms with Gasteiger partial charge < -0.3 is 57.6 Å². The number of hydrogen-bond acceptors (Lipinski definition) is 11. The quantitative estimate of drug-likeness (QED) is 0.104. The minimum atomic E-state index is -5.20. The highest BCUT2D eigenvalue weighted by molar-refractivity contribution is 5.75. The van der Waals surface area contributed by atoms with Crippen molar-refractivity contribution in [3.05, 3.63) is 77.0 Å². The molecule has 1 fully saturated rings. The molecule has 292 valence electrons. The highest BCUT2D eigenvalue weighted by Gasteiger charge is 2.78. The largest absolute Gasteiger partial charge is 0.416 e. The second kappa shape index (κ2) is 14.3. The Labute approximate surface area is 291 Å². The summed E-state index contributed by atoms with van der Waals surface area (Å²) in [5.41, 5.74) is -3.32. The van der Waals surface area contributed by atoms with E-state index in [2.05, 4.69) is 6.92 Å². The van der Waals surface area contributed by atoms with E-state index in [4.69, 9.17) is 0 Å². The highest BCUT2D eigenvalue weighted by atomic mass is 19.4. The van der Waals surface area contributed by atoms with Crippen LogP contribution in [0.2, 0.25) is 0 Å². The van der Waals surface area contributed by atoms with E-state index in [-0.39, 0.29) is 17.2 Å². The second-order valence-corrected chi connectivity index (χ2v) is 12.4. The van der Waals surface area contributed by atoms with Crippen molar-refractivity contribution in [3.63, 3.8) is 0 Å². The Bertz CT molecular complexity index is 1590. The first-order valence-electron chi connectivity index (χ1n) is 15.2. The molecule has 0 radical (unpaired) electrons. The fourth-order valence-corrected chi connectivity index (χ4v) is 5.83. The Morgan fingerprint density at radius 2 is 1.33 bits per heavy atom. The van der Waals surface area contributed by atoms with E-state index in [1.54, 1.807) is 0 Å². The first kappa shape index (κ1) is 42.7. The molecule has 3 amide bonds. The Kier molecular flexibility index (Phi) is 11.7. The molecule has 1 heterocycles. The van der Waals surface area contributed by atoms with Gasteiger partial charge in [0.2, 0.25) is 5.91 Å². The van der Waals surface area contributed by atoms with Gasteiger partial charge in [0.15, 0.2) is 0 Å². The van der Waals surface area contributed by atoms with Gasteiger partial charge in [-0.3, -0.25) is 4.79 Å². The number of nitrogens with zero attached hydrogens (tertiary/aromatic N) is 4. The third-order valence-corrected chi connectivity index (χ3v) is 8.85. The van der Waals surface area contributed by atoms with E-state index in [1.165, 1.54) is 13.0 Å². The Hall–Kier alpha value is -3.67. The molecule has 0 spiro atoms. The second-order valence-electron chi connectivity index (χ2n) is 12.4. The number of hydrogen-bond donors (Lipinski definition) is 8. The van der Waals surface area contributed by atoms with Gasteiger partial charge in [0.05, 0.1) is 17.2 Å². The summed E-state index contributed by atoms with van der Waals surface area (Å²) >= 11 is 0. The molecule has 1 saturated heterocycles. The zero-order valence-electron chi connectivity index (χ0n) is 28.0. The number of alkyl halides is 6. The van der Waals surface area contributed by atoms with Crippen LogP contribution in [0.25, 0.3) is 0 Å². The molecule has 1 aliphatic rings. The Balaban J connectivity index is 2.08. The van der Waals surface area contributed by atoms with Gasteiger partial charge in [0, 0.05) is 27.1 Å². The van der Waals surface area contributed by atoms with E-state index in [1.807, 2.05) is 0 Å². The molecule has 1 aliphatic heterocycles. The average Bonchev–Trinajstić information content (AvgIpc) is 2.99. The number of rotatable bonds is 9. The summed E-state index contributed by atoms with van der Waals surface area (Å²) in [5.74, 6) is -19.7. The van der Waals surface area contributed by atoms with E-state index in [0.717, 1.165) is 35.9 Å². The number of amides is 3. The normalized spacial score (nSPS) is 19.6. The van der Waals surface area contributed by atoms with Crippen LogP contribution in [-0.4, -0.2) is 116 Å². The molecule has 52 heavy (non-hydrogen) atoms. The fraction of sp³-hybridized carbons (Fsp3) is 0.516. The predicted molar refractivity (Wildman–Crippen MR) is 161 cm³/mol. The number of benzene rings is 2. The number of carbonyl (C=O) groups excluding carboxylic acids is 2. The Morgan fingerprint density at radius 1 is 0.846 bits per heavy atom. The van der Waals surface area contributed by atoms with Crippen LogP contribution in [0.4, 0.5) is 35.5 Å². The van der Waals surface area contributed by atoms with Crippen LogP contribution in [-0.2, 0) is 23.7 Å². The van der Waals surface area contributed by atoms with Gasteiger partial charge >= 0.3 is 42.0 Å². The van der Waals surface area contributed by atoms with E-state index in [9.17, 15) is 81.2 Å². The lowest BCUT2D eigenvalue weighted by Gasteiger charge is -2.62. The van der Waals surface area contributed by atoms with Crippen molar-refractivity contribution in [2.45, 2.75) is 88.2 Å². The summed E-state index contributed by atoms with van der Waals surface area (Å²) in [6.07, 6.45) is -11.8.